The first-order valence-corrected chi connectivity index (χ1v) is 5.58. The molecular weight excluding hydrogens is 216 g/mol. The molecule has 0 saturated heterocycles. The van der Waals surface area contributed by atoms with Gasteiger partial charge in [0, 0.05) is 24.6 Å². The van der Waals surface area contributed by atoms with Gasteiger partial charge in [0.15, 0.2) is 0 Å². The maximum Gasteiger partial charge on any atom is 0.267 e. The number of benzene rings is 1. The molecular formula is C13H16N2O2. The molecule has 17 heavy (non-hydrogen) atoms. The van der Waals surface area contributed by atoms with E-state index in [1.165, 1.54) is 0 Å². The summed E-state index contributed by atoms with van der Waals surface area (Å²) in [6, 6.07) is 7.86. The number of aromatic nitrogens is 1. The number of hydrogen-bond acceptors (Lipinski definition) is 2. The minimum absolute atomic E-state index is 0.0994. The second-order valence-corrected chi connectivity index (χ2v) is 3.97. The van der Waals surface area contributed by atoms with Crippen molar-refractivity contribution < 1.29 is 9.53 Å². The number of ether oxygens (including phenoxy) is 1. The molecule has 2 aromatic rings. The van der Waals surface area contributed by atoms with E-state index in [0.717, 1.165) is 16.5 Å². The predicted octanol–water partition coefficient (Wildman–Crippen LogP) is 1.85. The number of hydrogen-bond donors (Lipinski definition) is 2. The Labute approximate surface area is 100.0 Å². The summed E-state index contributed by atoms with van der Waals surface area (Å²) in [6.07, 6.45) is 0. The Hall–Kier alpha value is -1.81. The van der Waals surface area contributed by atoms with Gasteiger partial charge in [0.05, 0.1) is 6.61 Å². The molecule has 2 rings (SSSR count). The molecule has 4 heteroatoms. The van der Waals surface area contributed by atoms with Crippen molar-refractivity contribution in [3.05, 3.63) is 35.5 Å². The number of aryl methyl sites for hydroxylation is 1. The summed E-state index contributed by atoms with van der Waals surface area (Å²) < 4.78 is 4.88. The summed E-state index contributed by atoms with van der Waals surface area (Å²) in [4.78, 5) is 14.9. The number of nitrogens with one attached hydrogen (secondary N) is 2. The third kappa shape index (κ3) is 2.47. The van der Waals surface area contributed by atoms with Gasteiger partial charge in [-0.15, -0.1) is 0 Å². The van der Waals surface area contributed by atoms with Crippen LogP contribution in [0.3, 0.4) is 0 Å². The number of para-hydroxylation sites is 1. The van der Waals surface area contributed by atoms with E-state index in [1.807, 2.05) is 31.2 Å². The minimum atomic E-state index is -0.0994. The molecule has 1 heterocycles. The molecule has 90 valence electrons. The third-order valence-electron chi connectivity index (χ3n) is 2.70. The predicted molar refractivity (Wildman–Crippen MR) is 67.2 cm³/mol. The lowest BCUT2D eigenvalue weighted by Crippen LogP contribution is -2.27. The SMILES string of the molecule is COCCNC(=O)c1cc2cccc(C)c2[nH]1. The van der Waals surface area contributed by atoms with Crippen molar-refractivity contribution in [2.75, 3.05) is 20.3 Å². The normalized spacial score (nSPS) is 10.7. The average Bonchev–Trinajstić information content (AvgIpc) is 2.75. The number of aromatic amines is 1. The molecule has 0 unspecified atom stereocenters. The highest BCUT2D eigenvalue weighted by molar-refractivity contribution is 5.98. The van der Waals surface area contributed by atoms with Crippen molar-refractivity contribution in [2.45, 2.75) is 6.92 Å². The summed E-state index contributed by atoms with van der Waals surface area (Å²) in [6.45, 7) is 3.06. The number of carbonyl (C=O) groups excluding carboxylic acids is 1. The topological polar surface area (TPSA) is 54.1 Å². The number of amides is 1. The number of rotatable bonds is 4. The van der Waals surface area contributed by atoms with Crippen LogP contribution in [0.4, 0.5) is 0 Å². The Morgan fingerprint density at radius 2 is 2.29 bits per heavy atom. The van der Waals surface area contributed by atoms with Gasteiger partial charge in [0.1, 0.15) is 5.69 Å². The van der Waals surface area contributed by atoms with Crippen LogP contribution in [0.15, 0.2) is 24.3 Å². The van der Waals surface area contributed by atoms with Crippen LogP contribution in [-0.4, -0.2) is 31.2 Å². The minimum Gasteiger partial charge on any atom is -0.383 e. The summed E-state index contributed by atoms with van der Waals surface area (Å²) >= 11 is 0. The molecule has 1 aromatic heterocycles. The number of carbonyl (C=O) groups is 1. The van der Waals surface area contributed by atoms with Crippen molar-refractivity contribution in [3.63, 3.8) is 0 Å². The molecule has 0 aliphatic heterocycles. The Morgan fingerprint density at radius 1 is 1.47 bits per heavy atom. The largest absolute Gasteiger partial charge is 0.383 e. The van der Waals surface area contributed by atoms with Gasteiger partial charge in [-0.2, -0.15) is 0 Å². The van der Waals surface area contributed by atoms with Crippen LogP contribution in [0.2, 0.25) is 0 Å². The summed E-state index contributed by atoms with van der Waals surface area (Å²) in [5.41, 5.74) is 2.74. The molecule has 0 radical (unpaired) electrons. The van der Waals surface area contributed by atoms with Gasteiger partial charge < -0.3 is 15.0 Å². The zero-order chi connectivity index (χ0) is 12.3. The van der Waals surface area contributed by atoms with Crippen molar-refractivity contribution in [3.8, 4) is 0 Å². The van der Waals surface area contributed by atoms with Crippen molar-refractivity contribution >= 4 is 16.8 Å². The van der Waals surface area contributed by atoms with E-state index in [0.29, 0.717) is 18.8 Å². The first kappa shape index (κ1) is 11.7. The second kappa shape index (κ2) is 5.01. The van der Waals surface area contributed by atoms with Gasteiger partial charge in [-0.3, -0.25) is 4.79 Å². The molecule has 0 fully saturated rings. The lowest BCUT2D eigenvalue weighted by molar-refractivity contribution is 0.0933. The van der Waals surface area contributed by atoms with Crippen LogP contribution in [-0.2, 0) is 4.74 Å². The molecule has 0 aliphatic carbocycles. The fraction of sp³-hybridized carbons (Fsp3) is 0.308. The lowest BCUT2D eigenvalue weighted by atomic mass is 10.2. The zero-order valence-electron chi connectivity index (χ0n) is 10.0. The molecule has 0 aliphatic rings. The van der Waals surface area contributed by atoms with E-state index >= 15 is 0 Å². The van der Waals surface area contributed by atoms with Crippen molar-refractivity contribution in [1.82, 2.24) is 10.3 Å². The Kier molecular flexibility index (Phi) is 3.44. The maximum atomic E-state index is 11.8. The Bertz CT molecular complexity index is 531. The summed E-state index contributed by atoms with van der Waals surface area (Å²) in [5, 5.41) is 3.84. The van der Waals surface area contributed by atoms with Crippen LogP contribution in [0.5, 0.6) is 0 Å². The van der Waals surface area contributed by atoms with Crippen LogP contribution in [0.1, 0.15) is 16.1 Å². The summed E-state index contributed by atoms with van der Waals surface area (Å²) in [7, 11) is 1.61. The molecule has 2 N–H and O–H groups in total. The third-order valence-corrected chi connectivity index (χ3v) is 2.70. The number of fused-ring (bicyclic) bond motifs is 1. The second-order valence-electron chi connectivity index (χ2n) is 3.97. The molecule has 0 bridgehead atoms. The molecule has 1 aromatic carbocycles. The average molecular weight is 232 g/mol. The van der Waals surface area contributed by atoms with E-state index < -0.39 is 0 Å². The lowest BCUT2D eigenvalue weighted by Gasteiger charge is -2.01. The van der Waals surface area contributed by atoms with Gasteiger partial charge in [-0.1, -0.05) is 18.2 Å². The Morgan fingerprint density at radius 3 is 3.00 bits per heavy atom. The molecule has 0 spiro atoms. The van der Waals surface area contributed by atoms with E-state index in [-0.39, 0.29) is 5.91 Å². The molecule has 1 amide bonds. The van der Waals surface area contributed by atoms with E-state index in [4.69, 9.17) is 4.74 Å². The Balaban J connectivity index is 2.19. The van der Waals surface area contributed by atoms with Gasteiger partial charge in [-0.05, 0) is 18.6 Å². The summed E-state index contributed by atoms with van der Waals surface area (Å²) in [5.74, 6) is -0.0994. The highest BCUT2D eigenvalue weighted by Gasteiger charge is 2.09. The highest BCUT2D eigenvalue weighted by Crippen LogP contribution is 2.18. The fourth-order valence-corrected chi connectivity index (χ4v) is 1.79. The maximum absolute atomic E-state index is 11.8. The first-order chi connectivity index (χ1) is 8.22. The van der Waals surface area contributed by atoms with E-state index in [1.54, 1.807) is 7.11 Å². The number of H-pyrrole nitrogens is 1. The van der Waals surface area contributed by atoms with Crippen molar-refractivity contribution in [2.24, 2.45) is 0 Å². The standard InChI is InChI=1S/C13H16N2O2/c1-9-4-3-5-10-8-11(15-12(9)10)13(16)14-6-7-17-2/h3-5,8,15H,6-7H2,1-2H3,(H,14,16). The van der Waals surface area contributed by atoms with E-state index in [9.17, 15) is 4.79 Å². The monoisotopic (exact) mass is 232 g/mol. The quantitative estimate of drug-likeness (QED) is 0.790. The van der Waals surface area contributed by atoms with Gasteiger partial charge in [-0.25, -0.2) is 0 Å². The smallest absolute Gasteiger partial charge is 0.267 e. The highest BCUT2D eigenvalue weighted by atomic mass is 16.5. The van der Waals surface area contributed by atoms with Crippen molar-refractivity contribution in [1.29, 1.82) is 0 Å². The van der Waals surface area contributed by atoms with Gasteiger partial charge in [0.25, 0.3) is 5.91 Å². The molecule has 0 atom stereocenters. The zero-order valence-corrected chi connectivity index (χ0v) is 10.0. The number of methoxy groups -OCH3 is 1. The van der Waals surface area contributed by atoms with E-state index in [2.05, 4.69) is 10.3 Å². The first-order valence-electron chi connectivity index (χ1n) is 5.58. The van der Waals surface area contributed by atoms with Crippen LogP contribution in [0.25, 0.3) is 10.9 Å². The molecule has 4 nitrogen and oxygen atoms in total. The van der Waals surface area contributed by atoms with Crippen LogP contribution in [0, 0.1) is 6.92 Å². The van der Waals surface area contributed by atoms with Crippen LogP contribution >= 0.6 is 0 Å². The fourth-order valence-electron chi connectivity index (χ4n) is 1.79. The van der Waals surface area contributed by atoms with Gasteiger partial charge in [0.2, 0.25) is 0 Å². The van der Waals surface area contributed by atoms with Crippen LogP contribution < -0.4 is 5.32 Å². The van der Waals surface area contributed by atoms with Gasteiger partial charge >= 0.3 is 0 Å². The molecule has 0 saturated carbocycles.